The quantitative estimate of drug-likeness (QED) is 0.306. The largest absolute Gasteiger partial charge is 0.453 e. The summed E-state index contributed by atoms with van der Waals surface area (Å²) in [6.45, 7) is 0.888. The van der Waals surface area contributed by atoms with Crippen molar-refractivity contribution in [2.45, 2.75) is 19.0 Å². The van der Waals surface area contributed by atoms with Crippen LogP contribution in [0.15, 0.2) is 60.7 Å². The molecule has 11 heteroatoms. The molecule has 0 spiro atoms. The molecule has 2 aromatic heterocycles. The fraction of sp³-hybridized carbons (Fsp3) is 0.240. The van der Waals surface area contributed by atoms with Crippen LogP contribution in [0.1, 0.15) is 24.2 Å². The van der Waals surface area contributed by atoms with Gasteiger partial charge in [0.2, 0.25) is 0 Å². The molecule has 0 atom stereocenters. The molecule has 0 radical (unpaired) electrons. The van der Waals surface area contributed by atoms with Gasteiger partial charge in [0.25, 0.3) is 5.82 Å². The molecule has 0 amide bonds. The maximum Gasteiger partial charge on any atom is 0.453 e. The summed E-state index contributed by atoms with van der Waals surface area (Å²) in [6.07, 6.45) is -3.70. The van der Waals surface area contributed by atoms with Gasteiger partial charge in [0, 0.05) is 13.1 Å². The number of benzene rings is 2. The number of esters is 1. The monoisotopic (exact) mass is 492 g/mol. The number of piperidine rings is 1. The first-order chi connectivity index (χ1) is 17.3. The van der Waals surface area contributed by atoms with E-state index in [1.165, 1.54) is 6.07 Å². The molecular weight excluding hydrogens is 473 g/mol. The zero-order valence-electron chi connectivity index (χ0n) is 18.8. The van der Waals surface area contributed by atoms with E-state index in [0.717, 1.165) is 11.1 Å². The van der Waals surface area contributed by atoms with Crippen molar-refractivity contribution in [2.24, 2.45) is 5.92 Å². The van der Waals surface area contributed by atoms with Crippen molar-refractivity contribution in [2.75, 3.05) is 18.0 Å². The molecule has 0 N–H and O–H groups in total. The highest BCUT2D eigenvalue weighted by atomic mass is 19.4. The molecule has 182 valence electrons. The van der Waals surface area contributed by atoms with E-state index >= 15 is 0 Å². The van der Waals surface area contributed by atoms with Crippen LogP contribution in [0.3, 0.4) is 0 Å². The van der Waals surface area contributed by atoms with Crippen molar-refractivity contribution in [1.82, 2.24) is 19.8 Å². The topological polar surface area (TPSA) is 96.4 Å². The van der Waals surface area contributed by atoms with Gasteiger partial charge >= 0.3 is 12.1 Å². The minimum absolute atomic E-state index is 0.00902. The van der Waals surface area contributed by atoms with Gasteiger partial charge in [-0.1, -0.05) is 24.3 Å². The first-order valence-electron chi connectivity index (χ1n) is 11.2. The number of carbonyl (C=O) groups is 1. The van der Waals surface area contributed by atoms with Gasteiger partial charge in [0.05, 0.1) is 17.6 Å². The summed E-state index contributed by atoms with van der Waals surface area (Å²) in [5, 5.41) is 19.7. The predicted molar refractivity (Wildman–Crippen MR) is 123 cm³/mol. The number of carbonyl (C=O) groups excluding carboxylic acids is 1. The van der Waals surface area contributed by atoms with Crippen LogP contribution < -0.4 is 9.64 Å². The number of halogens is 3. The summed E-state index contributed by atoms with van der Waals surface area (Å²) >= 11 is 0. The molecule has 8 nitrogen and oxygen atoms in total. The zero-order chi connectivity index (χ0) is 25.3. The van der Waals surface area contributed by atoms with E-state index in [9.17, 15) is 18.0 Å². The van der Waals surface area contributed by atoms with Gasteiger partial charge in [-0.3, -0.25) is 4.79 Å². The third-order valence-electron chi connectivity index (χ3n) is 6.07. The molecule has 1 aliphatic rings. The van der Waals surface area contributed by atoms with Gasteiger partial charge in [-0.05, 0) is 60.4 Å². The highest BCUT2D eigenvalue weighted by molar-refractivity contribution is 5.76. The lowest BCUT2D eigenvalue weighted by atomic mass is 9.97. The Morgan fingerprint density at radius 2 is 1.58 bits per heavy atom. The average molecular weight is 492 g/mol. The van der Waals surface area contributed by atoms with E-state index in [4.69, 9.17) is 10.00 Å². The van der Waals surface area contributed by atoms with Gasteiger partial charge in [-0.2, -0.15) is 22.9 Å². The van der Waals surface area contributed by atoms with Crippen LogP contribution in [-0.2, 0) is 11.0 Å². The van der Waals surface area contributed by atoms with Crippen molar-refractivity contribution < 1.29 is 22.7 Å². The van der Waals surface area contributed by atoms with Crippen LogP contribution in [0.5, 0.6) is 5.75 Å². The molecule has 0 saturated carbocycles. The second kappa shape index (κ2) is 9.30. The van der Waals surface area contributed by atoms with Crippen molar-refractivity contribution >= 4 is 17.4 Å². The van der Waals surface area contributed by atoms with Gasteiger partial charge < -0.3 is 9.64 Å². The Kier molecular flexibility index (Phi) is 6.01. The van der Waals surface area contributed by atoms with E-state index in [2.05, 4.69) is 21.4 Å². The lowest BCUT2D eigenvalue weighted by Gasteiger charge is -2.31. The molecule has 3 heterocycles. The summed E-state index contributed by atoms with van der Waals surface area (Å²) < 4.78 is 45.7. The second-order valence-electron chi connectivity index (χ2n) is 8.38. The van der Waals surface area contributed by atoms with E-state index in [1.54, 1.807) is 30.3 Å². The van der Waals surface area contributed by atoms with Crippen molar-refractivity contribution in [3.8, 4) is 22.9 Å². The fourth-order valence-electron chi connectivity index (χ4n) is 4.12. The smallest absolute Gasteiger partial charge is 0.426 e. The lowest BCUT2D eigenvalue weighted by Crippen LogP contribution is -2.38. The first-order valence-corrected chi connectivity index (χ1v) is 11.2. The summed E-state index contributed by atoms with van der Waals surface area (Å²) in [4.78, 5) is 14.5. The van der Waals surface area contributed by atoms with E-state index in [0.29, 0.717) is 47.6 Å². The number of rotatable bonds is 4. The molecule has 0 aliphatic carbocycles. The number of ether oxygens (including phenoxy) is 1. The Hall–Kier alpha value is -4.46. The third kappa shape index (κ3) is 4.70. The number of fused-ring (bicyclic) bond motifs is 1. The third-order valence-corrected chi connectivity index (χ3v) is 6.07. The van der Waals surface area contributed by atoms with Gasteiger partial charge in [-0.25, -0.2) is 0 Å². The minimum Gasteiger partial charge on any atom is -0.426 e. The van der Waals surface area contributed by atoms with Crippen molar-refractivity contribution in [3.63, 3.8) is 0 Å². The van der Waals surface area contributed by atoms with E-state index in [-0.39, 0.29) is 17.5 Å². The van der Waals surface area contributed by atoms with Crippen molar-refractivity contribution in [3.05, 3.63) is 72.1 Å². The Labute approximate surface area is 203 Å². The molecule has 36 heavy (non-hydrogen) atoms. The van der Waals surface area contributed by atoms with Crippen LogP contribution in [0.2, 0.25) is 0 Å². The lowest BCUT2D eigenvalue weighted by molar-refractivity contribution is -0.146. The maximum atomic E-state index is 13.1. The van der Waals surface area contributed by atoms with Gasteiger partial charge in [-0.15, -0.1) is 15.3 Å². The van der Waals surface area contributed by atoms with Crippen LogP contribution >= 0.6 is 0 Å². The highest BCUT2D eigenvalue weighted by Gasteiger charge is 2.38. The zero-order valence-corrected chi connectivity index (χ0v) is 18.8. The van der Waals surface area contributed by atoms with Gasteiger partial charge in [0.1, 0.15) is 11.6 Å². The SMILES string of the molecule is N#Cc1ccc(-c2ccc(OC(=O)C3CCN(c4ccc5nnc(C(F)(F)F)n5n4)CC3)cc2)cc1. The molecule has 1 aliphatic heterocycles. The standard InChI is InChI=1S/C25H19F3N6O2/c26-25(27,28)24-31-30-21-9-10-22(32-34(21)24)33-13-11-19(12-14-33)23(35)36-20-7-5-18(6-8-20)17-3-1-16(15-29)2-4-17/h1-10,19H,11-14H2. The fourth-order valence-corrected chi connectivity index (χ4v) is 4.12. The minimum atomic E-state index is -4.66. The molecule has 1 saturated heterocycles. The van der Waals surface area contributed by atoms with Crippen LogP contribution in [0.25, 0.3) is 16.8 Å². The Morgan fingerprint density at radius 3 is 2.19 bits per heavy atom. The molecule has 1 fully saturated rings. The highest BCUT2D eigenvalue weighted by Crippen LogP contribution is 2.29. The Bertz CT molecular complexity index is 1430. The number of aromatic nitrogens is 4. The molecule has 2 aromatic carbocycles. The number of anilines is 1. The van der Waals surface area contributed by atoms with Crippen LogP contribution in [0.4, 0.5) is 19.0 Å². The van der Waals surface area contributed by atoms with Crippen molar-refractivity contribution in [1.29, 1.82) is 5.26 Å². The first kappa shape index (κ1) is 23.3. The number of nitrogens with zero attached hydrogens (tertiary/aromatic N) is 6. The predicted octanol–water partition coefficient (Wildman–Crippen LogP) is 4.50. The van der Waals surface area contributed by atoms with Crippen LogP contribution in [-0.4, -0.2) is 38.9 Å². The molecule has 0 unspecified atom stereocenters. The second-order valence-corrected chi connectivity index (χ2v) is 8.38. The molecule has 0 bridgehead atoms. The molecular formula is C25H19F3N6O2. The Balaban J connectivity index is 1.20. The summed E-state index contributed by atoms with van der Waals surface area (Å²) in [7, 11) is 0. The van der Waals surface area contributed by atoms with Crippen LogP contribution in [0, 0.1) is 17.2 Å². The number of alkyl halides is 3. The summed E-state index contributed by atoms with van der Waals surface area (Å²) in [5.41, 5.74) is 2.46. The summed E-state index contributed by atoms with van der Waals surface area (Å²) in [6, 6.07) is 19.4. The van der Waals surface area contributed by atoms with E-state index < -0.39 is 12.0 Å². The Morgan fingerprint density at radius 1 is 0.944 bits per heavy atom. The van der Waals surface area contributed by atoms with E-state index in [1.807, 2.05) is 29.2 Å². The maximum absolute atomic E-state index is 13.1. The normalized spacial score (nSPS) is 14.6. The number of hydrogen-bond donors (Lipinski definition) is 0. The van der Waals surface area contributed by atoms with Gasteiger partial charge in [0.15, 0.2) is 5.65 Å². The summed E-state index contributed by atoms with van der Waals surface area (Å²) in [5.74, 6) is -1.06. The molecule has 4 aromatic rings. The number of nitriles is 1. The molecule has 5 rings (SSSR count). The number of hydrogen-bond acceptors (Lipinski definition) is 7. The average Bonchev–Trinajstić information content (AvgIpc) is 3.33.